The molecule has 1 amide bonds. The number of pyridine rings is 1. The Bertz CT molecular complexity index is 1270. The number of fused-ring (bicyclic) bond motifs is 1. The molecular formula is C21H16FN5O3. The van der Waals surface area contributed by atoms with Crippen molar-refractivity contribution in [2.75, 3.05) is 5.32 Å². The molecule has 4 aromatic rings. The van der Waals surface area contributed by atoms with Crippen LogP contribution in [0.3, 0.4) is 0 Å². The molecule has 150 valence electrons. The van der Waals surface area contributed by atoms with Gasteiger partial charge in [0, 0.05) is 23.9 Å². The van der Waals surface area contributed by atoms with E-state index in [1.54, 1.807) is 16.9 Å². The molecule has 4 rings (SSSR count). The van der Waals surface area contributed by atoms with Gasteiger partial charge in [0.25, 0.3) is 5.91 Å². The van der Waals surface area contributed by atoms with E-state index in [9.17, 15) is 19.3 Å². The number of aromatic nitrogens is 3. The highest BCUT2D eigenvalue weighted by Crippen LogP contribution is 2.27. The van der Waals surface area contributed by atoms with Gasteiger partial charge >= 0.3 is 5.69 Å². The zero-order chi connectivity index (χ0) is 21.3. The van der Waals surface area contributed by atoms with Crippen molar-refractivity contribution >= 4 is 28.3 Å². The van der Waals surface area contributed by atoms with E-state index in [-0.39, 0.29) is 5.69 Å². The molecule has 2 heterocycles. The zero-order valence-corrected chi connectivity index (χ0v) is 15.9. The van der Waals surface area contributed by atoms with Crippen LogP contribution in [0.4, 0.5) is 15.8 Å². The molecule has 0 fully saturated rings. The first-order valence-electron chi connectivity index (χ1n) is 9.15. The Labute approximate surface area is 170 Å². The number of carbonyl (C=O) groups excluding carboxylic acids is 1. The van der Waals surface area contributed by atoms with Gasteiger partial charge < -0.3 is 5.32 Å². The van der Waals surface area contributed by atoms with Gasteiger partial charge in [-0.2, -0.15) is 9.49 Å². The fourth-order valence-electron chi connectivity index (χ4n) is 3.15. The second kappa shape index (κ2) is 7.70. The van der Waals surface area contributed by atoms with E-state index in [0.29, 0.717) is 28.8 Å². The summed E-state index contributed by atoms with van der Waals surface area (Å²) in [5.41, 5.74) is 1.68. The molecular weight excluding hydrogens is 389 g/mol. The minimum Gasteiger partial charge on any atom is -0.322 e. The molecule has 0 radical (unpaired) electrons. The Hall–Kier alpha value is -4.14. The number of hydrogen-bond donors (Lipinski definition) is 1. The molecule has 1 N–H and O–H groups in total. The van der Waals surface area contributed by atoms with Crippen LogP contribution in [0.1, 0.15) is 17.3 Å². The van der Waals surface area contributed by atoms with Gasteiger partial charge in [0.05, 0.1) is 27.8 Å². The lowest BCUT2D eigenvalue weighted by Crippen LogP contribution is -2.13. The Morgan fingerprint density at radius 1 is 1.20 bits per heavy atom. The first kappa shape index (κ1) is 19.2. The van der Waals surface area contributed by atoms with Crippen LogP contribution in [-0.4, -0.2) is 25.6 Å². The fraction of sp³-hybridized carbons (Fsp3) is 0.0952. The third-order valence-electron chi connectivity index (χ3n) is 4.62. The van der Waals surface area contributed by atoms with Crippen LogP contribution in [-0.2, 0) is 6.54 Å². The molecule has 0 spiro atoms. The third kappa shape index (κ3) is 3.48. The molecule has 30 heavy (non-hydrogen) atoms. The molecule has 2 aromatic carbocycles. The standard InChI is InChI=1S/C21H16FN5O3/c1-2-26-20-16(12-23-26)15(11-18(25-20)13-6-4-3-5-7-13)21(28)24-14-8-9-17(22)19(10-14)27(29)30/h3-12H,2H2,1H3,(H,24,28). The van der Waals surface area contributed by atoms with Crippen molar-refractivity contribution in [3.05, 3.63) is 82.3 Å². The molecule has 0 aliphatic carbocycles. The maximum atomic E-state index is 13.6. The number of aryl methyl sites for hydroxylation is 1. The highest BCUT2D eigenvalue weighted by molar-refractivity contribution is 6.12. The summed E-state index contributed by atoms with van der Waals surface area (Å²) < 4.78 is 15.3. The molecule has 2 aromatic heterocycles. The SMILES string of the molecule is CCn1ncc2c(C(=O)Nc3ccc(F)c([N+](=O)[O-])c3)cc(-c3ccccc3)nc21. The second-order valence-electron chi connectivity index (χ2n) is 6.50. The first-order valence-corrected chi connectivity index (χ1v) is 9.15. The van der Waals surface area contributed by atoms with Gasteiger partial charge in [-0.25, -0.2) is 9.67 Å². The van der Waals surface area contributed by atoms with Crippen molar-refractivity contribution in [3.8, 4) is 11.3 Å². The highest BCUT2D eigenvalue weighted by atomic mass is 19.1. The Kier molecular flexibility index (Phi) is 4.93. The number of nitrogens with one attached hydrogen (secondary N) is 1. The van der Waals surface area contributed by atoms with Gasteiger partial charge in [0.15, 0.2) is 5.65 Å². The van der Waals surface area contributed by atoms with Crippen molar-refractivity contribution in [1.82, 2.24) is 14.8 Å². The van der Waals surface area contributed by atoms with E-state index in [0.717, 1.165) is 17.7 Å². The Morgan fingerprint density at radius 3 is 2.67 bits per heavy atom. The van der Waals surface area contributed by atoms with Crippen LogP contribution >= 0.6 is 0 Å². The predicted octanol–water partition coefficient (Wildman–Crippen LogP) is 4.42. The Balaban J connectivity index is 1.79. The van der Waals surface area contributed by atoms with Crippen LogP contribution in [0.2, 0.25) is 0 Å². The van der Waals surface area contributed by atoms with Crippen LogP contribution in [0, 0.1) is 15.9 Å². The Morgan fingerprint density at radius 2 is 1.97 bits per heavy atom. The highest BCUT2D eigenvalue weighted by Gasteiger charge is 2.19. The van der Waals surface area contributed by atoms with Gasteiger partial charge in [-0.15, -0.1) is 0 Å². The number of halogens is 1. The van der Waals surface area contributed by atoms with E-state index in [1.165, 1.54) is 6.07 Å². The summed E-state index contributed by atoms with van der Waals surface area (Å²) in [7, 11) is 0. The summed E-state index contributed by atoms with van der Waals surface area (Å²) in [6.45, 7) is 2.49. The van der Waals surface area contributed by atoms with Gasteiger partial charge in [-0.3, -0.25) is 14.9 Å². The molecule has 8 nitrogen and oxygen atoms in total. The largest absolute Gasteiger partial charge is 0.322 e. The number of benzene rings is 2. The van der Waals surface area contributed by atoms with Crippen molar-refractivity contribution in [2.45, 2.75) is 13.5 Å². The number of amides is 1. The zero-order valence-electron chi connectivity index (χ0n) is 15.9. The predicted molar refractivity (Wildman–Crippen MR) is 110 cm³/mol. The quantitative estimate of drug-likeness (QED) is 0.391. The molecule has 0 saturated heterocycles. The first-order chi connectivity index (χ1) is 14.5. The van der Waals surface area contributed by atoms with Gasteiger partial charge in [0.2, 0.25) is 5.82 Å². The number of nitro benzene ring substituents is 1. The molecule has 0 unspecified atom stereocenters. The van der Waals surface area contributed by atoms with Gasteiger partial charge in [-0.1, -0.05) is 30.3 Å². The van der Waals surface area contributed by atoms with E-state index < -0.39 is 22.3 Å². The number of nitrogens with zero attached hydrogens (tertiary/aromatic N) is 4. The summed E-state index contributed by atoms with van der Waals surface area (Å²) in [4.78, 5) is 27.8. The number of anilines is 1. The van der Waals surface area contributed by atoms with Crippen molar-refractivity contribution in [3.63, 3.8) is 0 Å². The van der Waals surface area contributed by atoms with E-state index in [1.807, 2.05) is 37.3 Å². The molecule has 0 atom stereocenters. The van der Waals surface area contributed by atoms with E-state index in [2.05, 4.69) is 15.4 Å². The summed E-state index contributed by atoms with van der Waals surface area (Å²) >= 11 is 0. The van der Waals surface area contributed by atoms with Crippen molar-refractivity contribution in [1.29, 1.82) is 0 Å². The molecule has 9 heteroatoms. The summed E-state index contributed by atoms with van der Waals surface area (Å²) in [5.74, 6) is -1.48. The monoisotopic (exact) mass is 405 g/mol. The summed E-state index contributed by atoms with van der Waals surface area (Å²) in [5, 5.41) is 18.4. The van der Waals surface area contributed by atoms with E-state index in [4.69, 9.17) is 0 Å². The topological polar surface area (TPSA) is 103 Å². The summed E-state index contributed by atoms with van der Waals surface area (Å²) in [6, 6.07) is 14.2. The average Bonchev–Trinajstić information content (AvgIpc) is 3.18. The molecule has 0 aliphatic heterocycles. The minimum absolute atomic E-state index is 0.113. The number of nitro groups is 1. The number of rotatable bonds is 5. The normalized spacial score (nSPS) is 10.9. The molecule has 0 bridgehead atoms. The smallest absolute Gasteiger partial charge is 0.306 e. The lowest BCUT2D eigenvalue weighted by atomic mass is 10.1. The van der Waals surface area contributed by atoms with Gasteiger partial charge in [0.1, 0.15) is 0 Å². The average molecular weight is 405 g/mol. The number of carbonyl (C=O) groups is 1. The molecule has 0 aliphatic rings. The van der Waals surface area contributed by atoms with Crippen LogP contribution in [0.15, 0.2) is 60.8 Å². The van der Waals surface area contributed by atoms with Crippen molar-refractivity contribution in [2.24, 2.45) is 0 Å². The molecule has 0 saturated carbocycles. The number of hydrogen-bond acceptors (Lipinski definition) is 5. The van der Waals surface area contributed by atoms with Crippen LogP contribution < -0.4 is 5.32 Å². The minimum atomic E-state index is -0.972. The fourth-order valence-corrected chi connectivity index (χ4v) is 3.15. The van der Waals surface area contributed by atoms with Crippen LogP contribution in [0.5, 0.6) is 0 Å². The summed E-state index contributed by atoms with van der Waals surface area (Å²) in [6.07, 6.45) is 1.56. The maximum absolute atomic E-state index is 13.6. The lowest BCUT2D eigenvalue weighted by molar-refractivity contribution is -0.387. The second-order valence-corrected chi connectivity index (χ2v) is 6.50. The van der Waals surface area contributed by atoms with Gasteiger partial charge in [-0.05, 0) is 25.1 Å². The van der Waals surface area contributed by atoms with E-state index >= 15 is 0 Å². The van der Waals surface area contributed by atoms with Crippen LogP contribution in [0.25, 0.3) is 22.3 Å². The lowest BCUT2D eigenvalue weighted by Gasteiger charge is -2.09. The van der Waals surface area contributed by atoms with Crippen molar-refractivity contribution < 1.29 is 14.1 Å². The third-order valence-corrected chi connectivity index (χ3v) is 4.62. The maximum Gasteiger partial charge on any atom is 0.306 e.